The van der Waals surface area contributed by atoms with Crippen molar-refractivity contribution in [1.29, 1.82) is 0 Å². The van der Waals surface area contributed by atoms with Gasteiger partial charge in [0.25, 0.3) is 10.0 Å². The van der Waals surface area contributed by atoms with Gasteiger partial charge < -0.3 is 10.2 Å². The van der Waals surface area contributed by atoms with Gasteiger partial charge in [0.2, 0.25) is 11.8 Å². The maximum Gasteiger partial charge on any atom is 0.261 e. The van der Waals surface area contributed by atoms with Crippen LogP contribution in [-0.2, 0) is 32.6 Å². The lowest BCUT2D eigenvalue weighted by Crippen LogP contribution is -2.36. The molecule has 0 saturated heterocycles. The quantitative estimate of drug-likeness (QED) is 0.718. The number of nitrogens with zero attached hydrogens (tertiary/aromatic N) is 1. The first-order chi connectivity index (χ1) is 14.7. The second-order valence-electron chi connectivity index (χ2n) is 8.54. The highest BCUT2D eigenvalue weighted by molar-refractivity contribution is 7.92. The Morgan fingerprint density at radius 3 is 2.32 bits per heavy atom. The third-order valence-electron chi connectivity index (χ3n) is 5.67. The minimum absolute atomic E-state index is 0.110. The molecule has 0 radical (unpaired) electrons. The van der Waals surface area contributed by atoms with Gasteiger partial charge in [0, 0.05) is 36.3 Å². The van der Waals surface area contributed by atoms with E-state index >= 15 is 0 Å². The number of fused-ring (bicyclic) bond motifs is 1. The summed E-state index contributed by atoms with van der Waals surface area (Å²) >= 11 is 0. The number of hydrogen-bond donors (Lipinski definition) is 2. The van der Waals surface area contributed by atoms with Crippen molar-refractivity contribution < 1.29 is 18.0 Å². The van der Waals surface area contributed by atoms with E-state index in [0.717, 1.165) is 30.4 Å². The summed E-state index contributed by atoms with van der Waals surface area (Å²) in [5, 5.41) is 2.74. The standard InChI is InChI=1S/C23H27N3O4S/c1-15(2)22(27)24-19-7-9-21(10-8-19)31(29,30)25-20-6-5-16-11-12-26(14-18(16)13-20)23(28)17-3-4-17/h5-10,13,15,17,25H,3-4,11-12,14H2,1-2H3,(H,24,27). The number of amides is 2. The average molecular weight is 442 g/mol. The van der Waals surface area contributed by atoms with Gasteiger partial charge in [0.05, 0.1) is 4.90 Å². The lowest BCUT2D eigenvalue weighted by molar-refractivity contribution is -0.133. The second-order valence-corrected chi connectivity index (χ2v) is 10.2. The molecule has 2 aromatic carbocycles. The molecule has 31 heavy (non-hydrogen) atoms. The van der Waals surface area contributed by atoms with E-state index in [0.29, 0.717) is 24.5 Å². The van der Waals surface area contributed by atoms with Crippen LogP contribution in [0.4, 0.5) is 11.4 Å². The predicted octanol–water partition coefficient (Wildman–Crippen LogP) is 3.38. The molecule has 1 aliphatic carbocycles. The van der Waals surface area contributed by atoms with Crippen molar-refractivity contribution in [2.24, 2.45) is 11.8 Å². The smallest absolute Gasteiger partial charge is 0.261 e. The summed E-state index contributed by atoms with van der Waals surface area (Å²) in [4.78, 5) is 26.2. The van der Waals surface area contributed by atoms with Crippen molar-refractivity contribution in [2.75, 3.05) is 16.6 Å². The largest absolute Gasteiger partial charge is 0.338 e. The monoisotopic (exact) mass is 441 g/mol. The number of carbonyl (C=O) groups excluding carboxylic acids is 2. The number of carbonyl (C=O) groups is 2. The Hall–Kier alpha value is -2.87. The molecule has 0 spiro atoms. The first-order valence-electron chi connectivity index (χ1n) is 10.6. The maximum atomic E-state index is 12.8. The van der Waals surface area contributed by atoms with Crippen molar-refractivity contribution in [3.05, 3.63) is 53.6 Å². The van der Waals surface area contributed by atoms with Gasteiger partial charge in [-0.2, -0.15) is 0 Å². The fourth-order valence-corrected chi connectivity index (χ4v) is 4.66. The molecule has 1 aliphatic heterocycles. The molecule has 8 heteroatoms. The Labute approximate surface area is 182 Å². The lowest BCUT2D eigenvalue weighted by Gasteiger charge is -2.29. The number of hydrogen-bond acceptors (Lipinski definition) is 4. The van der Waals surface area contributed by atoms with Crippen molar-refractivity contribution in [2.45, 2.75) is 44.6 Å². The van der Waals surface area contributed by atoms with Crippen LogP contribution in [0.5, 0.6) is 0 Å². The fraction of sp³-hybridized carbons (Fsp3) is 0.391. The molecule has 2 aliphatic rings. The highest BCUT2D eigenvalue weighted by Gasteiger charge is 2.34. The normalized spacial score (nSPS) is 16.0. The van der Waals surface area contributed by atoms with Gasteiger partial charge in [-0.1, -0.05) is 19.9 Å². The molecular weight excluding hydrogens is 414 g/mol. The molecule has 4 rings (SSSR count). The van der Waals surface area contributed by atoms with E-state index in [1.807, 2.05) is 17.0 Å². The third kappa shape index (κ3) is 4.90. The van der Waals surface area contributed by atoms with E-state index in [2.05, 4.69) is 10.0 Å². The van der Waals surface area contributed by atoms with Crippen LogP contribution in [0.25, 0.3) is 0 Å². The van der Waals surface area contributed by atoms with Gasteiger partial charge in [0.1, 0.15) is 0 Å². The zero-order valence-corrected chi connectivity index (χ0v) is 18.5. The Morgan fingerprint density at radius 1 is 1.00 bits per heavy atom. The molecule has 1 fully saturated rings. The zero-order chi connectivity index (χ0) is 22.2. The van der Waals surface area contributed by atoms with Gasteiger partial charge in [-0.3, -0.25) is 14.3 Å². The number of anilines is 2. The number of nitrogens with one attached hydrogen (secondary N) is 2. The van der Waals surface area contributed by atoms with Gasteiger partial charge in [-0.25, -0.2) is 8.42 Å². The van der Waals surface area contributed by atoms with Crippen molar-refractivity contribution in [1.82, 2.24) is 4.90 Å². The van der Waals surface area contributed by atoms with Crippen LogP contribution in [0, 0.1) is 11.8 Å². The topological polar surface area (TPSA) is 95.6 Å². The van der Waals surface area contributed by atoms with E-state index in [4.69, 9.17) is 0 Å². The Bertz CT molecular complexity index is 1110. The van der Waals surface area contributed by atoms with Gasteiger partial charge in [-0.05, 0) is 66.8 Å². The SMILES string of the molecule is CC(C)C(=O)Nc1ccc(S(=O)(=O)Nc2ccc3c(c2)CN(C(=O)C2CC2)CC3)cc1. The molecule has 0 atom stereocenters. The van der Waals surface area contributed by atoms with Gasteiger partial charge in [-0.15, -0.1) is 0 Å². The van der Waals surface area contributed by atoms with Crippen LogP contribution in [0.2, 0.25) is 0 Å². The number of benzene rings is 2. The van der Waals surface area contributed by atoms with Crippen molar-refractivity contribution in [3.8, 4) is 0 Å². The first-order valence-corrected chi connectivity index (χ1v) is 12.1. The van der Waals surface area contributed by atoms with Gasteiger partial charge >= 0.3 is 0 Å². The molecule has 2 N–H and O–H groups in total. The predicted molar refractivity (Wildman–Crippen MR) is 119 cm³/mol. The van der Waals surface area contributed by atoms with E-state index in [1.54, 1.807) is 32.0 Å². The first kappa shape index (κ1) is 21.4. The summed E-state index contributed by atoms with van der Waals surface area (Å²) in [6.45, 7) is 4.81. The summed E-state index contributed by atoms with van der Waals surface area (Å²) < 4.78 is 28.3. The van der Waals surface area contributed by atoms with Crippen LogP contribution in [0.1, 0.15) is 37.8 Å². The van der Waals surface area contributed by atoms with E-state index in [-0.39, 0.29) is 28.5 Å². The second kappa shape index (κ2) is 8.34. The number of rotatable bonds is 6. The Morgan fingerprint density at radius 2 is 1.68 bits per heavy atom. The minimum atomic E-state index is -3.78. The molecule has 7 nitrogen and oxygen atoms in total. The maximum absolute atomic E-state index is 12.8. The molecule has 164 valence electrons. The van der Waals surface area contributed by atoms with Crippen LogP contribution in [-0.4, -0.2) is 31.7 Å². The molecular formula is C23H27N3O4S. The summed E-state index contributed by atoms with van der Waals surface area (Å²) in [7, 11) is -3.78. The lowest BCUT2D eigenvalue weighted by atomic mass is 9.99. The summed E-state index contributed by atoms with van der Waals surface area (Å²) in [5.74, 6) is 0.0967. The summed E-state index contributed by atoms with van der Waals surface area (Å²) in [6, 6.07) is 11.6. The average Bonchev–Trinajstić information content (AvgIpc) is 3.58. The van der Waals surface area contributed by atoms with E-state index < -0.39 is 10.0 Å². The van der Waals surface area contributed by atoms with Crippen molar-refractivity contribution in [3.63, 3.8) is 0 Å². The molecule has 2 aromatic rings. The van der Waals surface area contributed by atoms with E-state index in [1.165, 1.54) is 12.1 Å². The van der Waals surface area contributed by atoms with Crippen LogP contribution in [0.3, 0.4) is 0 Å². The molecule has 2 amide bonds. The molecule has 0 unspecified atom stereocenters. The highest BCUT2D eigenvalue weighted by atomic mass is 32.2. The Kier molecular flexibility index (Phi) is 5.75. The van der Waals surface area contributed by atoms with Crippen LogP contribution in [0.15, 0.2) is 47.4 Å². The molecule has 1 heterocycles. The van der Waals surface area contributed by atoms with Crippen molar-refractivity contribution >= 4 is 33.2 Å². The highest BCUT2D eigenvalue weighted by Crippen LogP contribution is 2.33. The molecule has 0 aromatic heterocycles. The van der Waals surface area contributed by atoms with E-state index in [9.17, 15) is 18.0 Å². The third-order valence-corrected chi connectivity index (χ3v) is 7.06. The Balaban J connectivity index is 1.46. The van der Waals surface area contributed by atoms with Crippen LogP contribution < -0.4 is 10.0 Å². The molecule has 0 bridgehead atoms. The molecule has 1 saturated carbocycles. The minimum Gasteiger partial charge on any atom is -0.338 e. The van der Waals surface area contributed by atoms with Crippen LogP contribution >= 0.6 is 0 Å². The van der Waals surface area contributed by atoms with Gasteiger partial charge in [0.15, 0.2) is 0 Å². The fourth-order valence-electron chi connectivity index (χ4n) is 3.62. The number of sulfonamides is 1. The zero-order valence-electron chi connectivity index (χ0n) is 17.7. The summed E-state index contributed by atoms with van der Waals surface area (Å²) in [5.41, 5.74) is 3.14. The summed E-state index contributed by atoms with van der Waals surface area (Å²) in [6.07, 6.45) is 2.73.